The highest BCUT2D eigenvalue weighted by Crippen LogP contribution is 2.07. The Bertz CT molecular complexity index is 344. The lowest BCUT2D eigenvalue weighted by Gasteiger charge is -2.34. The summed E-state index contributed by atoms with van der Waals surface area (Å²) in [6.07, 6.45) is 2.85. The molecule has 0 aromatic carbocycles. The van der Waals surface area contributed by atoms with Crippen molar-refractivity contribution in [3.8, 4) is 6.07 Å². The van der Waals surface area contributed by atoms with Crippen molar-refractivity contribution in [3.05, 3.63) is 12.2 Å². The van der Waals surface area contributed by atoms with Gasteiger partial charge in [-0.25, -0.2) is 0 Å². The molecule has 0 aliphatic carbocycles. The number of carbonyl (C=O) groups is 2. The molecule has 1 aliphatic rings. The molecule has 1 N–H and O–H groups in total. The summed E-state index contributed by atoms with van der Waals surface area (Å²) >= 11 is 0. The smallest absolute Gasteiger partial charge is 0.247 e. The Kier molecular flexibility index (Phi) is 4.67. The maximum absolute atomic E-state index is 11.7. The number of hydrogen-bond donors (Lipinski definition) is 1. The van der Waals surface area contributed by atoms with E-state index in [1.165, 1.54) is 19.1 Å². The molecule has 5 nitrogen and oxygen atoms in total. The van der Waals surface area contributed by atoms with Gasteiger partial charge in [-0.2, -0.15) is 5.26 Å². The van der Waals surface area contributed by atoms with Crippen molar-refractivity contribution in [2.45, 2.75) is 19.4 Å². The minimum atomic E-state index is -0.197. The third-order valence-electron chi connectivity index (χ3n) is 2.42. The average molecular weight is 221 g/mol. The Balaban J connectivity index is 2.64. The molecule has 1 rings (SSSR count). The van der Waals surface area contributed by atoms with E-state index in [4.69, 9.17) is 5.26 Å². The van der Waals surface area contributed by atoms with Gasteiger partial charge in [-0.15, -0.1) is 0 Å². The lowest BCUT2D eigenvalue weighted by molar-refractivity contribution is -0.129. The van der Waals surface area contributed by atoms with Crippen LogP contribution in [-0.2, 0) is 9.59 Å². The first kappa shape index (κ1) is 12.4. The van der Waals surface area contributed by atoms with E-state index in [-0.39, 0.29) is 17.7 Å². The zero-order valence-electron chi connectivity index (χ0n) is 9.27. The van der Waals surface area contributed by atoms with Crippen LogP contribution in [0.1, 0.15) is 13.3 Å². The number of nitriles is 1. The van der Waals surface area contributed by atoms with Crippen molar-refractivity contribution in [3.63, 3.8) is 0 Å². The lowest BCUT2D eigenvalue weighted by atomic mass is 10.1. The van der Waals surface area contributed by atoms with Crippen LogP contribution >= 0.6 is 0 Å². The molecule has 0 radical (unpaired) electrons. The molecule has 0 aromatic heterocycles. The SMILES string of the molecule is CC(=O)/C=C/C(=O)N1CCNCC1CC#N. The first-order valence-electron chi connectivity index (χ1n) is 5.22. The molecule has 1 unspecified atom stereocenters. The first-order valence-corrected chi connectivity index (χ1v) is 5.22. The van der Waals surface area contributed by atoms with Crippen LogP contribution in [0.2, 0.25) is 0 Å². The summed E-state index contributed by atoms with van der Waals surface area (Å²) in [5.74, 6) is -0.350. The van der Waals surface area contributed by atoms with E-state index >= 15 is 0 Å². The summed E-state index contributed by atoms with van der Waals surface area (Å²) < 4.78 is 0. The minimum absolute atomic E-state index is 0.0946. The maximum Gasteiger partial charge on any atom is 0.247 e. The summed E-state index contributed by atoms with van der Waals surface area (Å²) in [7, 11) is 0. The molecular weight excluding hydrogens is 206 g/mol. The number of hydrogen-bond acceptors (Lipinski definition) is 4. The molecule has 1 saturated heterocycles. The molecule has 86 valence electrons. The number of nitrogens with zero attached hydrogens (tertiary/aromatic N) is 2. The summed E-state index contributed by atoms with van der Waals surface area (Å²) in [6, 6.07) is 1.97. The molecule has 16 heavy (non-hydrogen) atoms. The van der Waals surface area contributed by atoms with Crippen LogP contribution in [0.4, 0.5) is 0 Å². The quantitative estimate of drug-likeness (QED) is 0.672. The zero-order valence-corrected chi connectivity index (χ0v) is 9.27. The van der Waals surface area contributed by atoms with Gasteiger partial charge in [-0.3, -0.25) is 9.59 Å². The fourth-order valence-electron chi connectivity index (χ4n) is 1.62. The first-order chi connectivity index (χ1) is 7.65. The predicted octanol–water partition coefficient (Wildman–Crippen LogP) is -0.154. The van der Waals surface area contributed by atoms with Gasteiger partial charge < -0.3 is 10.2 Å². The number of nitrogens with one attached hydrogen (secondary N) is 1. The molecule has 1 amide bonds. The highest BCUT2D eigenvalue weighted by Gasteiger charge is 2.24. The summed E-state index contributed by atoms with van der Waals surface area (Å²) in [6.45, 7) is 3.33. The normalized spacial score (nSPS) is 20.8. The van der Waals surface area contributed by atoms with Crippen LogP contribution in [0.15, 0.2) is 12.2 Å². The van der Waals surface area contributed by atoms with Gasteiger partial charge in [0.15, 0.2) is 5.78 Å². The molecule has 0 bridgehead atoms. The number of allylic oxidation sites excluding steroid dienone is 1. The van der Waals surface area contributed by atoms with Crippen molar-refractivity contribution >= 4 is 11.7 Å². The van der Waals surface area contributed by atoms with Crippen molar-refractivity contribution in [2.75, 3.05) is 19.6 Å². The summed E-state index contributed by atoms with van der Waals surface area (Å²) in [4.78, 5) is 24.1. The third kappa shape index (κ3) is 3.48. The van der Waals surface area contributed by atoms with Crippen LogP contribution in [0.5, 0.6) is 0 Å². The van der Waals surface area contributed by atoms with E-state index in [1.807, 2.05) is 0 Å². The van der Waals surface area contributed by atoms with E-state index in [0.717, 1.165) is 6.54 Å². The molecule has 1 aliphatic heterocycles. The van der Waals surface area contributed by atoms with Crippen molar-refractivity contribution in [1.29, 1.82) is 5.26 Å². The standard InChI is InChI=1S/C11H15N3O2/c1-9(15)2-3-11(16)14-7-6-13-8-10(14)4-5-12/h2-3,10,13H,4,6-8H2,1H3/b3-2+. The van der Waals surface area contributed by atoms with Crippen LogP contribution in [0.25, 0.3) is 0 Å². The van der Waals surface area contributed by atoms with Gasteiger partial charge in [-0.05, 0) is 13.0 Å². The van der Waals surface area contributed by atoms with E-state index in [2.05, 4.69) is 11.4 Å². The van der Waals surface area contributed by atoms with Crippen molar-refractivity contribution in [2.24, 2.45) is 0 Å². The van der Waals surface area contributed by atoms with Gasteiger partial charge in [0.05, 0.1) is 18.5 Å². The molecular formula is C11H15N3O2. The minimum Gasteiger partial charge on any atom is -0.333 e. The second-order valence-electron chi connectivity index (χ2n) is 3.70. The zero-order chi connectivity index (χ0) is 12.0. The fourth-order valence-corrected chi connectivity index (χ4v) is 1.62. The van der Waals surface area contributed by atoms with Crippen LogP contribution in [0.3, 0.4) is 0 Å². The third-order valence-corrected chi connectivity index (χ3v) is 2.42. The molecule has 0 spiro atoms. The van der Waals surface area contributed by atoms with Gasteiger partial charge in [0, 0.05) is 25.7 Å². The summed E-state index contributed by atoms with van der Waals surface area (Å²) in [5.41, 5.74) is 0. The fraction of sp³-hybridized carbons (Fsp3) is 0.545. The van der Waals surface area contributed by atoms with E-state index < -0.39 is 0 Å². The van der Waals surface area contributed by atoms with Crippen LogP contribution in [0, 0.1) is 11.3 Å². The van der Waals surface area contributed by atoms with E-state index in [0.29, 0.717) is 19.5 Å². The second kappa shape index (κ2) is 6.03. The number of ketones is 1. The summed E-state index contributed by atoms with van der Waals surface area (Å²) in [5, 5.41) is 11.8. The van der Waals surface area contributed by atoms with Crippen molar-refractivity contribution in [1.82, 2.24) is 10.2 Å². The molecule has 0 saturated carbocycles. The highest BCUT2D eigenvalue weighted by molar-refractivity contribution is 5.96. The van der Waals surface area contributed by atoms with Gasteiger partial charge >= 0.3 is 0 Å². The van der Waals surface area contributed by atoms with E-state index in [9.17, 15) is 9.59 Å². The second-order valence-corrected chi connectivity index (χ2v) is 3.70. The van der Waals surface area contributed by atoms with Crippen LogP contribution < -0.4 is 5.32 Å². The Labute approximate surface area is 94.7 Å². The Morgan fingerprint density at radius 1 is 1.56 bits per heavy atom. The monoisotopic (exact) mass is 221 g/mol. The molecule has 1 atom stereocenters. The molecule has 1 fully saturated rings. The largest absolute Gasteiger partial charge is 0.333 e. The Hall–Kier alpha value is -1.67. The van der Waals surface area contributed by atoms with Crippen LogP contribution in [-0.4, -0.2) is 42.3 Å². The number of amides is 1. The van der Waals surface area contributed by atoms with Crippen molar-refractivity contribution < 1.29 is 9.59 Å². The highest BCUT2D eigenvalue weighted by atomic mass is 16.2. The number of rotatable bonds is 3. The van der Waals surface area contributed by atoms with Gasteiger partial charge in [0.25, 0.3) is 0 Å². The topological polar surface area (TPSA) is 73.2 Å². The van der Waals surface area contributed by atoms with Gasteiger partial charge in [-0.1, -0.05) is 0 Å². The molecule has 1 heterocycles. The van der Waals surface area contributed by atoms with Gasteiger partial charge in [0.1, 0.15) is 0 Å². The average Bonchev–Trinajstić information content (AvgIpc) is 2.27. The maximum atomic E-state index is 11.7. The van der Waals surface area contributed by atoms with E-state index in [1.54, 1.807) is 4.90 Å². The number of piperazine rings is 1. The predicted molar refractivity (Wildman–Crippen MR) is 58.4 cm³/mol. The Morgan fingerprint density at radius 2 is 2.31 bits per heavy atom. The lowest BCUT2D eigenvalue weighted by Crippen LogP contribution is -2.53. The molecule has 0 aromatic rings. The number of carbonyl (C=O) groups excluding carboxylic acids is 2. The van der Waals surface area contributed by atoms with Gasteiger partial charge in [0.2, 0.25) is 5.91 Å². The molecule has 5 heteroatoms. The Morgan fingerprint density at radius 3 is 2.94 bits per heavy atom.